The van der Waals surface area contributed by atoms with E-state index in [-0.39, 0.29) is 0 Å². The van der Waals surface area contributed by atoms with Crippen LogP contribution in [0, 0.1) is 0 Å². The topological polar surface area (TPSA) is 25.8 Å². The van der Waals surface area contributed by atoms with Crippen LogP contribution >= 0.6 is 22.7 Å². The van der Waals surface area contributed by atoms with Crippen LogP contribution in [0.4, 0.5) is 0 Å². The van der Waals surface area contributed by atoms with Gasteiger partial charge in [-0.25, -0.2) is 9.97 Å². The molecule has 4 heteroatoms. The van der Waals surface area contributed by atoms with Crippen LogP contribution < -0.4 is 0 Å². The fourth-order valence-electron chi connectivity index (χ4n) is 1.21. The monoisotopic (exact) mass is 266 g/mol. The van der Waals surface area contributed by atoms with Crippen molar-refractivity contribution in [3.63, 3.8) is 0 Å². The van der Waals surface area contributed by atoms with Crippen molar-refractivity contribution in [3.05, 3.63) is 23.2 Å². The Bertz CT molecular complexity index is 464. The highest BCUT2D eigenvalue weighted by molar-refractivity contribution is 7.18. The summed E-state index contributed by atoms with van der Waals surface area (Å²) in [4.78, 5) is 8.49. The van der Waals surface area contributed by atoms with Crippen LogP contribution in [-0.4, -0.2) is 9.97 Å². The van der Waals surface area contributed by atoms with Gasteiger partial charge >= 0.3 is 0 Å². The van der Waals surface area contributed by atoms with Gasteiger partial charge in [-0.2, -0.15) is 0 Å². The molecule has 92 valence electrons. The van der Waals surface area contributed by atoms with Gasteiger partial charge in [-0.05, 0) is 12.1 Å². The van der Waals surface area contributed by atoms with Crippen LogP contribution in [0.1, 0.15) is 34.1 Å². The Morgan fingerprint density at radius 3 is 1.59 bits per heavy atom. The van der Waals surface area contributed by atoms with Crippen molar-refractivity contribution in [2.75, 3.05) is 0 Å². The minimum Gasteiger partial charge on any atom is -0.245 e. The molecule has 0 bridgehead atoms. The fraction of sp³-hybridized carbons (Fsp3) is 0.385. The van der Waals surface area contributed by atoms with Crippen LogP contribution in [-0.2, 0) is 0 Å². The first-order valence-electron chi connectivity index (χ1n) is 5.91. The smallest absolute Gasteiger partial charge is 0.0827 e. The van der Waals surface area contributed by atoms with Gasteiger partial charge in [0.15, 0.2) is 0 Å². The first-order chi connectivity index (χ1) is 8.35. The second kappa shape index (κ2) is 7.35. The summed E-state index contributed by atoms with van der Waals surface area (Å²) in [5, 5.41) is 0. The number of aromatic nitrogens is 2. The lowest BCUT2D eigenvalue weighted by Gasteiger charge is -1.86. The summed E-state index contributed by atoms with van der Waals surface area (Å²) in [7, 11) is 0. The van der Waals surface area contributed by atoms with E-state index in [2.05, 4.69) is 35.9 Å². The van der Waals surface area contributed by atoms with E-state index in [1.165, 1.54) is 15.8 Å². The highest BCUT2D eigenvalue weighted by atomic mass is 32.1. The molecule has 0 radical (unpaired) electrons. The predicted molar refractivity (Wildman–Crippen MR) is 80.1 cm³/mol. The summed E-state index contributed by atoms with van der Waals surface area (Å²) < 4.78 is 2.43. The molecule has 0 unspecified atom stereocenters. The third-order valence-corrected chi connectivity index (χ3v) is 3.37. The molecule has 0 aliphatic heterocycles. The molecule has 1 aromatic carbocycles. The number of hydrogen-bond donors (Lipinski definition) is 0. The Kier molecular flexibility index (Phi) is 6.08. The maximum Gasteiger partial charge on any atom is 0.0827 e. The van der Waals surface area contributed by atoms with Gasteiger partial charge in [-0.3, -0.25) is 0 Å². The Hall–Kier alpha value is -1.00. The van der Waals surface area contributed by atoms with E-state index in [1.54, 1.807) is 22.7 Å². The van der Waals surface area contributed by atoms with Gasteiger partial charge < -0.3 is 0 Å². The van der Waals surface area contributed by atoms with Gasteiger partial charge in [0.05, 0.1) is 31.5 Å². The van der Waals surface area contributed by atoms with E-state index in [1.807, 2.05) is 24.9 Å². The lowest BCUT2D eigenvalue weighted by atomic mass is 10.3. The average molecular weight is 266 g/mol. The molecule has 2 nitrogen and oxygen atoms in total. The Labute approximate surface area is 110 Å². The van der Waals surface area contributed by atoms with E-state index in [4.69, 9.17) is 0 Å². The normalized spacial score (nSPS) is 9.41. The highest BCUT2D eigenvalue weighted by Gasteiger charge is 2.01. The van der Waals surface area contributed by atoms with Crippen molar-refractivity contribution >= 4 is 43.1 Å². The maximum atomic E-state index is 4.25. The lowest BCUT2D eigenvalue weighted by Crippen LogP contribution is -1.67. The zero-order chi connectivity index (χ0) is 12.7. The number of benzene rings is 1. The van der Waals surface area contributed by atoms with Crippen LogP contribution in [0.5, 0.6) is 0 Å². The van der Waals surface area contributed by atoms with E-state index in [0.29, 0.717) is 0 Å². The van der Waals surface area contributed by atoms with Gasteiger partial charge in [0, 0.05) is 0 Å². The fourth-order valence-corrected chi connectivity index (χ4v) is 2.59. The Morgan fingerprint density at radius 1 is 0.882 bits per heavy atom. The summed E-state index contributed by atoms with van der Waals surface area (Å²) in [6.45, 7) is 8.25. The van der Waals surface area contributed by atoms with Crippen LogP contribution in [0.2, 0.25) is 0 Å². The Balaban J connectivity index is 0.000000256. The molecule has 17 heavy (non-hydrogen) atoms. The zero-order valence-electron chi connectivity index (χ0n) is 10.7. The molecule has 0 saturated carbocycles. The third kappa shape index (κ3) is 3.48. The minimum atomic E-state index is 1.08. The lowest BCUT2D eigenvalue weighted by molar-refractivity contribution is 1.09. The van der Waals surface area contributed by atoms with Crippen LogP contribution in [0.15, 0.2) is 23.2 Å². The van der Waals surface area contributed by atoms with Gasteiger partial charge in [0.2, 0.25) is 0 Å². The summed E-state index contributed by atoms with van der Waals surface area (Å²) >= 11 is 3.32. The molecule has 3 aromatic rings. The molecule has 3 rings (SSSR count). The number of hydrogen-bond acceptors (Lipinski definition) is 4. The van der Waals surface area contributed by atoms with Crippen LogP contribution in [0.3, 0.4) is 0 Å². The second-order valence-corrected chi connectivity index (χ2v) is 4.97. The molecule has 0 amide bonds. The SMILES string of the molecule is CC.CCC.c1nc2cc3scnc3cc2s1. The zero-order valence-corrected chi connectivity index (χ0v) is 12.4. The first kappa shape index (κ1) is 14.1. The number of fused-ring (bicyclic) bond motifs is 2. The minimum absolute atomic E-state index is 1.08. The molecule has 0 atom stereocenters. The molecule has 0 aliphatic carbocycles. The molecular weight excluding hydrogens is 248 g/mol. The van der Waals surface area contributed by atoms with Gasteiger partial charge in [-0.15, -0.1) is 22.7 Å². The van der Waals surface area contributed by atoms with Crippen molar-refractivity contribution in [3.8, 4) is 0 Å². The Morgan fingerprint density at radius 2 is 1.24 bits per heavy atom. The van der Waals surface area contributed by atoms with Crippen molar-refractivity contribution in [2.45, 2.75) is 34.1 Å². The van der Waals surface area contributed by atoms with Crippen molar-refractivity contribution in [1.82, 2.24) is 9.97 Å². The molecule has 0 spiro atoms. The van der Waals surface area contributed by atoms with Gasteiger partial charge in [0.1, 0.15) is 0 Å². The molecule has 0 aliphatic rings. The van der Waals surface area contributed by atoms with E-state index >= 15 is 0 Å². The summed E-state index contributed by atoms with van der Waals surface area (Å²) in [5.74, 6) is 0. The van der Waals surface area contributed by atoms with Crippen molar-refractivity contribution in [2.24, 2.45) is 0 Å². The summed E-state index contributed by atoms with van der Waals surface area (Å²) in [5.41, 5.74) is 5.90. The molecule has 0 N–H and O–H groups in total. The van der Waals surface area contributed by atoms with E-state index < -0.39 is 0 Å². The second-order valence-electron chi connectivity index (χ2n) is 3.20. The molecular formula is C13H18N2S2. The molecule has 2 heterocycles. The third-order valence-electron chi connectivity index (χ3n) is 1.78. The molecule has 2 aromatic heterocycles. The van der Waals surface area contributed by atoms with Crippen molar-refractivity contribution < 1.29 is 0 Å². The summed E-state index contributed by atoms with van der Waals surface area (Å²) in [6.07, 6.45) is 1.25. The number of nitrogens with zero attached hydrogens (tertiary/aromatic N) is 2. The molecule has 0 saturated heterocycles. The maximum absolute atomic E-state index is 4.25. The number of rotatable bonds is 0. The molecule has 0 fully saturated rings. The average Bonchev–Trinajstić information content (AvgIpc) is 2.96. The standard InChI is InChI=1S/C8H4N2S2.C3H8.C2H6/c1-5-8(12-3-9-5)2-6-7(1)11-4-10-6;1-3-2;1-2/h1-4H;3H2,1-2H3;1-2H3. The predicted octanol–water partition coefficient (Wildman–Crippen LogP) is 5.35. The highest BCUT2D eigenvalue weighted by Crippen LogP contribution is 2.26. The first-order valence-corrected chi connectivity index (χ1v) is 7.67. The summed E-state index contributed by atoms with van der Waals surface area (Å²) in [6, 6.07) is 4.19. The van der Waals surface area contributed by atoms with Crippen LogP contribution in [0.25, 0.3) is 20.4 Å². The van der Waals surface area contributed by atoms with Crippen molar-refractivity contribution in [1.29, 1.82) is 0 Å². The number of thiazole rings is 2. The van der Waals surface area contributed by atoms with Gasteiger partial charge in [0.25, 0.3) is 0 Å². The quantitative estimate of drug-likeness (QED) is 0.548. The van der Waals surface area contributed by atoms with E-state index in [0.717, 1.165) is 11.0 Å². The van der Waals surface area contributed by atoms with E-state index in [9.17, 15) is 0 Å². The van der Waals surface area contributed by atoms with Gasteiger partial charge in [-0.1, -0.05) is 34.1 Å². The largest absolute Gasteiger partial charge is 0.245 e.